The molecular formula is C26H36IN3O. The summed E-state index contributed by atoms with van der Waals surface area (Å²) in [6.07, 6.45) is 4.66. The number of hydrogen-bond acceptors (Lipinski definition) is 2. The quantitative estimate of drug-likeness (QED) is 0.289. The van der Waals surface area contributed by atoms with Crippen molar-refractivity contribution in [3.05, 3.63) is 59.2 Å². The van der Waals surface area contributed by atoms with Gasteiger partial charge in [0.25, 0.3) is 0 Å². The average molecular weight is 533 g/mol. The fourth-order valence-corrected chi connectivity index (χ4v) is 5.06. The number of benzene rings is 2. The summed E-state index contributed by atoms with van der Waals surface area (Å²) >= 11 is 2.29. The minimum absolute atomic E-state index is 0.0260. The minimum atomic E-state index is -0.107. The van der Waals surface area contributed by atoms with E-state index in [9.17, 15) is 4.79 Å². The van der Waals surface area contributed by atoms with Gasteiger partial charge in [-0.2, -0.15) is 0 Å². The molecule has 0 aromatic heterocycles. The van der Waals surface area contributed by atoms with E-state index in [1.54, 1.807) is 0 Å². The molecule has 2 aromatic carbocycles. The molecule has 1 aliphatic rings. The summed E-state index contributed by atoms with van der Waals surface area (Å²) < 4.78 is 2.09. The van der Waals surface area contributed by atoms with Crippen molar-refractivity contribution in [2.75, 3.05) is 22.0 Å². The Hall–Kier alpha value is -1.76. The maximum atomic E-state index is 13.0. The second-order valence-electron chi connectivity index (χ2n) is 9.44. The zero-order valence-electron chi connectivity index (χ0n) is 19.5. The van der Waals surface area contributed by atoms with E-state index in [1.807, 2.05) is 7.05 Å². The standard InChI is InChI=1S/C26H36IN3O/c1-18(2)22-9-8-10-23(19(3)4)24(22)29-25(31)28-17-26(15-6-7-16-26)20-11-13-21(14-12-20)30(5)27/h8-14,18-19H,6-7,15-17H2,1-5H3,(H2,28,29,31). The molecule has 0 aliphatic heterocycles. The highest BCUT2D eigenvalue weighted by atomic mass is 127. The van der Waals surface area contributed by atoms with Crippen molar-refractivity contribution in [2.24, 2.45) is 0 Å². The number of urea groups is 1. The second-order valence-corrected chi connectivity index (χ2v) is 10.9. The van der Waals surface area contributed by atoms with Gasteiger partial charge >= 0.3 is 6.03 Å². The van der Waals surface area contributed by atoms with Gasteiger partial charge in [-0.1, -0.05) is 70.9 Å². The molecule has 5 heteroatoms. The molecule has 168 valence electrons. The van der Waals surface area contributed by atoms with E-state index in [1.165, 1.54) is 35.2 Å². The Kier molecular flexibility index (Phi) is 7.89. The number of halogens is 1. The number of nitrogens with one attached hydrogen (secondary N) is 2. The van der Waals surface area contributed by atoms with E-state index >= 15 is 0 Å². The molecule has 0 heterocycles. The highest BCUT2D eigenvalue weighted by molar-refractivity contribution is 14.1. The molecule has 2 aromatic rings. The van der Waals surface area contributed by atoms with Gasteiger partial charge in [-0.15, -0.1) is 0 Å². The number of rotatable bonds is 7. The van der Waals surface area contributed by atoms with Crippen LogP contribution in [0.3, 0.4) is 0 Å². The van der Waals surface area contributed by atoms with Gasteiger partial charge in [0, 0.05) is 30.4 Å². The van der Waals surface area contributed by atoms with Crippen LogP contribution in [-0.2, 0) is 5.41 Å². The Morgan fingerprint density at radius 1 is 1.00 bits per heavy atom. The van der Waals surface area contributed by atoms with Crippen LogP contribution in [0.2, 0.25) is 0 Å². The van der Waals surface area contributed by atoms with Crippen LogP contribution in [0.4, 0.5) is 16.2 Å². The first-order valence-electron chi connectivity index (χ1n) is 11.4. The lowest BCUT2D eigenvalue weighted by molar-refractivity contribution is 0.248. The van der Waals surface area contributed by atoms with Crippen LogP contribution in [0.25, 0.3) is 0 Å². The Morgan fingerprint density at radius 3 is 2.03 bits per heavy atom. The third-order valence-electron chi connectivity index (χ3n) is 6.59. The molecule has 2 amide bonds. The van der Waals surface area contributed by atoms with Crippen LogP contribution < -0.4 is 13.7 Å². The van der Waals surface area contributed by atoms with Crippen molar-refractivity contribution in [3.8, 4) is 0 Å². The minimum Gasteiger partial charge on any atom is -0.337 e. The van der Waals surface area contributed by atoms with E-state index in [4.69, 9.17) is 0 Å². The highest BCUT2D eigenvalue weighted by Crippen LogP contribution is 2.41. The first-order chi connectivity index (χ1) is 14.7. The smallest absolute Gasteiger partial charge is 0.319 e. The largest absolute Gasteiger partial charge is 0.337 e. The number of carbonyl (C=O) groups is 1. The van der Waals surface area contributed by atoms with E-state index in [0.29, 0.717) is 18.4 Å². The normalized spacial score (nSPS) is 15.4. The molecule has 0 spiro atoms. The molecule has 0 bridgehead atoms. The van der Waals surface area contributed by atoms with Crippen molar-refractivity contribution in [1.82, 2.24) is 5.32 Å². The summed E-state index contributed by atoms with van der Waals surface area (Å²) in [7, 11) is 2.05. The maximum absolute atomic E-state index is 13.0. The first kappa shape index (κ1) is 23.9. The lowest BCUT2D eigenvalue weighted by atomic mass is 9.78. The SMILES string of the molecule is CC(C)c1cccc(C(C)C)c1NC(=O)NCC1(c2ccc(N(C)I)cc2)CCCC1. The maximum Gasteiger partial charge on any atom is 0.319 e. The van der Waals surface area contributed by atoms with Crippen LogP contribution >= 0.6 is 22.9 Å². The monoisotopic (exact) mass is 533 g/mol. The number of para-hydroxylation sites is 1. The summed E-state index contributed by atoms with van der Waals surface area (Å²) in [6, 6.07) is 15.1. The van der Waals surface area contributed by atoms with Gasteiger partial charge < -0.3 is 13.7 Å². The molecule has 4 nitrogen and oxygen atoms in total. The summed E-state index contributed by atoms with van der Waals surface area (Å²) in [5.41, 5.74) is 5.90. The van der Waals surface area contributed by atoms with E-state index < -0.39 is 0 Å². The fraction of sp³-hybridized carbons (Fsp3) is 0.500. The van der Waals surface area contributed by atoms with Gasteiger partial charge in [0.2, 0.25) is 0 Å². The fourth-order valence-electron chi connectivity index (χ4n) is 4.74. The van der Waals surface area contributed by atoms with Crippen LogP contribution in [-0.4, -0.2) is 19.6 Å². The molecule has 2 N–H and O–H groups in total. The molecular weight excluding hydrogens is 497 g/mol. The van der Waals surface area contributed by atoms with Crippen molar-refractivity contribution in [3.63, 3.8) is 0 Å². The number of anilines is 2. The molecule has 3 rings (SSSR count). The lowest BCUT2D eigenvalue weighted by Crippen LogP contribution is -2.41. The van der Waals surface area contributed by atoms with Gasteiger partial charge in [-0.3, -0.25) is 0 Å². The van der Waals surface area contributed by atoms with Gasteiger partial charge in [0.15, 0.2) is 0 Å². The Bertz CT molecular complexity index is 858. The Balaban J connectivity index is 1.76. The van der Waals surface area contributed by atoms with Crippen molar-refractivity contribution in [1.29, 1.82) is 0 Å². The van der Waals surface area contributed by atoms with Crippen molar-refractivity contribution in [2.45, 2.75) is 70.6 Å². The third kappa shape index (κ3) is 5.54. The second kappa shape index (κ2) is 10.2. The van der Waals surface area contributed by atoms with Crippen LogP contribution in [0.5, 0.6) is 0 Å². The van der Waals surface area contributed by atoms with Crippen LogP contribution in [0.15, 0.2) is 42.5 Å². The zero-order chi connectivity index (χ0) is 22.6. The average Bonchev–Trinajstić information content (AvgIpc) is 3.22. The summed E-state index contributed by atoms with van der Waals surface area (Å²) in [6.45, 7) is 9.36. The van der Waals surface area contributed by atoms with Gasteiger partial charge in [0.1, 0.15) is 0 Å². The Morgan fingerprint density at radius 2 is 1.55 bits per heavy atom. The van der Waals surface area contributed by atoms with Crippen LogP contribution in [0, 0.1) is 0 Å². The molecule has 1 aliphatic carbocycles. The zero-order valence-corrected chi connectivity index (χ0v) is 21.6. The first-order valence-corrected chi connectivity index (χ1v) is 12.4. The Labute approximate surface area is 201 Å². The van der Waals surface area contributed by atoms with Crippen LogP contribution in [0.1, 0.15) is 81.9 Å². The molecule has 0 unspecified atom stereocenters. The predicted molar refractivity (Wildman–Crippen MR) is 141 cm³/mol. The predicted octanol–water partition coefficient (Wildman–Crippen LogP) is 7.35. The number of carbonyl (C=O) groups excluding carboxylic acids is 1. The highest BCUT2D eigenvalue weighted by Gasteiger charge is 2.36. The third-order valence-corrected chi connectivity index (χ3v) is 7.15. The number of nitrogens with zero attached hydrogens (tertiary/aromatic N) is 1. The topological polar surface area (TPSA) is 44.4 Å². The molecule has 0 saturated heterocycles. The van der Waals surface area contributed by atoms with E-state index in [-0.39, 0.29) is 11.4 Å². The molecule has 31 heavy (non-hydrogen) atoms. The summed E-state index contributed by atoms with van der Waals surface area (Å²) in [4.78, 5) is 13.0. The molecule has 0 radical (unpaired) electrons. The van der Waals surface area contributed by atoms with Gasteiger partial charge in [-0.25, -0.2) is 4.79 Å². The molecule has 0 atom stereocenters. The molecule has 1 fully saturated rings. The summed E-state index contributed by atoms with van der Waals surface area (Å²) in [5, 5.41) is 6.42. The van der Waals surface area contributed by atoms with E-state index in [0.717, 1.165) is 18.5 Å². The molecule has 1 saturated carbocycles. The summed E-state index contributed by atoms with van der Waals surface area (Å²) in [5.74, 6) is 0.703. The van der Waals surface area contributed by atoms with Crippen molar-refractivity contribution >= 4 is 40.3 Å². The van der Waals surface area contributed by atoms with Gasteiger partial charge in [-0.05, 0) is 53.5 Å². The lowest BCUT2D eigenvalue weighted by Gasteiger charge is -2.31. The van der Waals surface area contributed by atoms with Gasteiger partial charge in [0.05, 0.1) is 22.9 Å². The number of hydrogen-bond donors (Lipinski definition) is 2. The number of amides is 2. The van der Waals surface area contributed by atoms with E-state index in [2.05, 4.69) is 107 Å². The van der Waals surface area contributed by atoms with Crippen molar-refractivity contribution < 1.29 is 4.79 Å².